The smallest absolute Gasteiger partial charge is 0.332 e. The SMILES string of the molecule is CNC(=O)CSc1nc(-c2ccccc2F)nc2c1c(=O)n(C)c(=O)n2C. The van der Waals surface area contributed by atoms with Gasteiger partial charge in [0.05, 0.1) is 11.3 Å². The Bertz CT molecular complexity index is 1170. The summed E-state index contributed by atoms with van der Waals surface area (Å²) >= 11 is 1.02. The molecule has 0 fully saturated rings. The number of nitrogens with zero attached hydrogens (tertiary/aromatic N) is 4. The van der Waals surface area contributed by atoms with Crippen molar-refractivity contribution in [1.82, 2.24) is 24.4 Å². The topological polar surface area (TPSA) is 98.9 Å². The summed E-state index contributed by atoms with van der Waals surface area (Å²) in [5, 5.41) is 2.80. The van der Waals surface area contributed by atoms with Crippen LogP contribution in [0.1, 0.15) is 0 Å². The van der Waals surface area contributed by atoms with Gasteiger partial charge in [-0.2, -0.15) is 0 Å². The fourth-order valence-electron chi connectivity index (χ4n) is 2.50. The van der Waals surface area contributed by atoms with Crippen molar-refractivity contribution in [2.24, 2.45) is 14.1 Å². The van der Waals surface area contributed by atoms with Crippen LogP contribution in [0.2, 0.25) is 0 Å². The third-order valence-electron chi connectivity index (χ3n) is 4.00. The Morgan fingerprint density at radius 1 is 1.19 bits per heavy atom. The molecule has 1 aromatic carbocycles. The Balaban J connectivity index is 2.35. The molecule has 3 aromatic rings. The summed E-state index contributed by atoms with van der Waals surface area (Å²) in [7, 11) is 4.31. The van der Waals surface area contributed by atoms with Crippen molar-refractivity contribution in [2.45, 2.75) is 5.03 Å². The van der Waals surface area contributed by atoms with Crippen LogP contribution in [0, 0.1) is 5.82 Å². The first-order valence-corrected chi connectivity index (χ1v) is 8.89. The van der Waals surface area contributed by atoms with Gasteiger partial charge in [0, 0.05) is 21.1 Å². The highest BCUT2D eigenvalue weighted by atomic mass is 32.2. The maximum absolute atomic E-state index is 14.2. The highest BCUT2D eigenvalue weighted by molar-refractivity contribution is 8.00. The fraction of sp³-hybridized carbons (Fsp3) is 0.235. The molecule has 8 nitrogen and oxygen atoms in total. The Morgan fingerprint density at radius 3 is 2.56 bits per heavy atom. The molecule has 10 heteroatoms. The predicted octanol–water partition coefficient (Wildman–Crippen LogP) is 0.671. The largest absolute Gasteiger partial charge is 0.358 e. The van der Waals surface area contributed by atoms with E-state index < -0.39 is 17.1 Å². The molecule has 0 atom stereocenters. The second-order valence-corrected chi connectivity index (χ2v) is 6.66. The monoisotopic (exact) mass is 389 g/mol. The Morgan fingerprint density at radius 2 is 1.89 bits per heavy atom. The zero-order valence-corrected chi connectivity index (χ0v) is 15.6. The standard InChI is InChI=1S/C17H16FN5O3S/c1-19-11(24)8-27-15-12-14(22(2)17(26)23(3)16(12)25)20-13(21-15)9-6-4-5-7-10(9)18/h4-7H,8H2,1-3H3,(H,19,24). The van der Waals surface area contributed by atoms with E-state index in [9.17, 15) is 18.8 Å². The Hall–Kier alpha value is -3.01. The van der Waals surface area contributed by atoms with Crippen LogP contribution < -0.4 is 16.6 Å². The van der Waals surface area contributed by atoms with E-state index in [1.165, 1.54) is 43.9 Å². The number of carbonyl (C=O) groups is 1. The van der Waals surface area contributed by atoms with Crippen molar-refractivity contribution in [3.63, 3.8) is 0 Å². The summed E-state index contributed by atoms with van der Waals surface area (Å²) in [5.41, 5.74) is -0.925. The van der Waals surface area contributed by atoms with E-state index in [0.717, 1.165) is 16.3 Å². The van der Waals surface area contributed by atoms with Crippen molar-refractivity contribution >= 4 is 28.7 Å². The zero-order valence-electron chi connectivity index (χ0n) is 14.8. The summed E-state index contributed by atoms with van der Waals surface area (Å²) in [6.07, 6.45) is 0. The average Bonchev–Trinajstić information content (AvgIpc) is 2.68. The van der Waals surface area contributed by atoms with Crippen LogP contribution in [0.15, 0.2) is 38.9 Å². The van der Waals surface area contributed by atoms with E-state index in [2.05, 4.69) is 15.3 Å². The lowest BCUT2D eigenvalue weighted by molar-refractivity contribution is -0.118. The molecule has 27 heavy (non-hydrogen) atoms. The molecule has 0 radical (unpaired) electrons. The van der Waals surface area contributed by atoms with Crippen molar-refractivity contribution < 1.29 is 9.18 Å². The van der Waals surface area contributed by atoms with Gasteiger partial charge in [0.25, 0.3) is 5.56 Å². The molecule has 1 amide bonds. The first-order chi connectivity index (χ1) is 12.8. The third-order valence-corrected chi connectivity index (χ3v) is 4.98. The number of aromatic nitrogens is 4. The normalized spacial score (nSPS) is 11.0. The molecule has 2 aromatic heterocycles. The molecule has 2 heterocycles. The van der Waals surface area contributed by atoms with E-state index >= 15 is 0 Å². The number of hydrogen-bond acceptors (Lipinski definition) is 6. The zero-order chi connectivity index (χ0) is 19.7. The molecule has 0 aliphatic heterocycles. The van der Waals surface area contributed by atoms with Crippen molar-refractivity contribution in [1.29, 1.82) is 0 Å². The maximum atomic E-state index is 14.2. The first-order valence-electron chi connectivity index (χ1n) is 7.91. The second kappa shape index (κ2) is 7.31. The van der Waals surface area contributed by atoms with Gasteiger partial charge in [-0.15, -0.1) is 0 Å². The van der Waals surface area contributed by atoms with Crippen LogP contribution in [-0.2, 0) is 18.9 Å². The van der Waals surface area contributed by atoms with Crippen molar-refractivity contribution in [2.75, 3.05) is 12.8 Å². The van der Waals surface area contributed by atoms with Gasteiger partial charge in [-0.3, -0.25) is 18.7 Å². The number of amides is 1. The highest BCUT2D eigenvalue weighted by Crippen LogP contribution is 2.27. The summed E-state index contributed by atoms with van der Waals surface area (Å²) in [6, 6.07) is 5.94. The summed E-state index contributed by atoms with van der Waals surface area (Å²) in [4.78, 5) is 45.1. The number of hydrogen-bond donors (Lipinski definition) is 1. The number of thioether (sulfide) groups is 1. The minimum atomic E-state index is -0.576. The lowest BCUT2D eigenvalue weighted by Crippen LogP contribution is -2.37. The minimum Gasteiger partial charge on any atom is -0.358 e. The average molecular weight is 389 g/mol. The number of aryl methyl sites for hydroxylation is 1. The lowest BCUT2D eigenvalue weighted by atomic mass is 10.2. The number of halogens is 1. The Kier molecular flexibility index (Phi) is 5.08. The fourth-order valence-corrected chi connectivity index (χ4v) is 3.39. The number of rotatable bonds is 4. The number of fused-ring (bicyclic) bond motifs is 1. The van der Waals surface area contributed by atoms with Crippen LogP contribution in [-0.4, -0.2) is 37.8 Å². The Labute approximate surface area is 157 Å². The molecular weight excluding hydrogens is 373 g/mol. The molecule has 0 aliphatic carbocycles. The van der Waals surface area contributed by atoms with Gasteiger partial charge >= 0.3 is 5.69 Å². The number of benzene rings is 1. The maximum Gasteiger partial charge on any atom is 0.332 e. The van der Waals surface area contributed by atoms with E-state index in [-0.39, 0.29) is 39.1 Å². The van der Waals surface area contributed by atoms with E-state index in [4.69, 9.17) is 0 Å². The van der Waals surface area contributed by atoms with Crippen molar-refractivity contribution in [3.05, 3.63) is 50.9 Å². The molecule has 0 aliphatic rings. The van der Waals surface area contributed by atoms with Gasteiger partial charge < -0.3 is 5.32 Å². The summed E-state index contributed by atoms with van der Waals surface area (Å²) in [5.74, 6) is -0.761. The van der Waals surface area contributed by atoms with Crippen LogP contribution in [0.25, 0.3) is 22.4 Å². The lowest BCUT2D eigenvalue weighted by Gasteiger charge is -2.12. The van der Waals surface area contributed by atoms with Gasteiger partial charge in [0.15, 0.2) is 11.5 Å². The molecule has 3 rings (SSSR count). The second-order valence-electron chi connectivity index (χ2n) is 5.70. The molecule has 0 saturated carbocycles. The third kappa shape index (κ3) is 3.35. The summed E-state index contributed by atoms with van der Waals surface area (Å²) < 4.78 is 16.4. The van der Waals surface area contributed by atoms with E-state index in [1.54, 1.807) is 6.07 Å². The van der Waals surface area contributed by atoms with Crippen LogP contribution in [0.4, 0.5) is 4.39 Å². The van der Waals surface area contributed by atoms with Gasteiger partial charge in [-0.25, -0.2) is 19.2 Å². The van der Waals surface area contributed by atoms with Crippen molar-refractivity contribution in [3.8, 4) is 11.4 Å². The van der Waals surface area contributed by atoms with Crippen LogP contribution in [0.3, 0.4) is 0 Å². The van der Waals surface area contributed by atoms with E-state index in [1.807, 2.05) is 0 Å². The first kappa shape index (κ1) is 18.8. The minimum absolute atomic E-state index is 0.00528. The molecular formula is C17H16FN5O3S. The quantitative estimate of drug-likeness (QED) is 0.520. The highest BCUT2D eigenvalue weighted by Gasteiger charge is 2.19. The molecule has 140 valence electrons. The number of nitrogens with one attached hydrogen (secondary N) is 1. The van der Waals surface area contributed by atoms with Crippen LogP contribution >= 0.6 is 11.8 Å². The van der Waals surface area contributed by atoms with Gasteiger partial charge in [0.2, 0.25) is 5.91 Å². The van der Waals surface area contributed by atoms with Gasteiger partial charge in [-0.1, -0.05) is 23.9 Å². The summed E-state index contributed by atoms with van der Waals surface area (Å²) in [6.45, 7) is 0. The molecule has 0 spiro atoms. The molecule has 0 unspecified atom stereocenters. The van der Waals surface area contributed by atoms with E-state index in [0.29, 0.717) is 0 Å². The predicted molar refractivity (Wildman–Crippen MR) is 100 cm³/mol. The van der Waals surface area contributed by atoms with Crippen LogP contribution in [0.5, 0.6) is 0 Å². The van der Waals surface area contributed by atoms with Gasteiger partial charge in [0.1, 0.15) is 16.2 Å². The van der Waals surface area contributed by atoms with Gasteiger partial charge in [-0.05, 0) is 12.1 Å². The number of carbonyl (C=O) groups excluding carboxylic acids is 1. The molecule has 1 N–H and O–H groups in total. The molecule has 0 saturated heterocycles. The molecule has 0 bridgehead atoms.